The van der Waals surface area contributed by atoms with Gasteiger partial charge in [-0.2, -0.15) is 5.26 Å². The Morgan fingerprint density at radius 1 is 1.27 bits per heavy atom. The highest BCUT2D eigenvalue weighted by atomic mass is 32.1. The Bertz CT molecular complexity index is 1140. The summed E-state index contributed by atoms with van der Waals surface area (Å²) in [6, 6.07) is 8.75. The van der Waals surface area contributed by atoms with Crippen LogP contribution in [0, 0.1) is 11.3 Å². The molecule has 0 atom stereocenters. The van der Waals surface area contributed by atoms with E-state index in [1.54, 1.807) is 31.2 Å². The van der Waals surface area contributed by atoms with Gasteiger partial charge in [-0.05, 0) is 44.2 Å². The van der Waals surface area contributed by atoms with Crippen molar-refractivity contribution in [3.05, 3.63) is 51.4 Å². The maximum atomic E-state index is 13.0. The number of carbonyl (C=O) groups excluding carboxylic acids is 3. The van der Waals surface area contributed by atoms with Crippen LogP contribution in [0.4, 0.5) is 10.7 Å². The molecule has 152 valence electrons. The minimum atomic E-state index is -0.719. The number of amides is 2. The van der Waals surface area contributed by atoms with Crippen LogP contribution in [0.5, 0.6) is 0 Å². The fraction of sp³-hybridized carbons (Fsp3) is 0.273. The summed E-state index contributed by atoms with van der Waals surface area (Å²) in [4.78, 5) is 39.1. The van der Waals surface area contributed by atoms with Crippen LogP contribution in [-0.2, 0) is 27.2 Å². The standard InChI is InChI=1S/C22H19N3O4S/c1-2-29-22(28)18-13-8-4-6-10-16(13)30-21(18)25-19(26)14(11-23)17-12-7-3-5-9-15(12)24-20(17)27/h3,5,7,9H,2,4,6,8,10H2,1H3,(H,24,27)(H,25,26)/b17-14-. The second-order valence-electron chi connectivity index (χ2n) is 6.95. The summed E-state index contributed by atoms with van der Waals surface area (Å²) < 4.78 is 5.20. The summed E-state index contributed by atoms with van der Waals surface area (Å²) in [5, 5.41) is 15.4. The van der Waals surface area contributed by atoms with Gasteiger partial charge in [0.1, 0.15) is 16.6 Å². The summed E-state index contributed by atoms with van der Waals surface area (Å²) in [5.74, 6) is -1.70. The SMILES string of the molecule is CCOC(=O)c1c(NC(=O)/C(C#N)=C2\C(=O)Nc3ccccc32)sc2c1CCCC2. The number of esters is 1. The molecular weight excluding hydrogens is 402 g/mol. The van der Waals surface area contributed by atoms with Crippen molar-refractivity contribution >= 4 is 45.4 Å². The first-order valence-corrected chi connectivity index (χ1v) is 10.5. The Kier molecular flexibility index (Phi) is 5.38. The van der Waals surface area contributed by atoms with E-state index in [1.807, 2.05) is 6.07 Å². The first-order valence-electron chi connectivity index (χ1n) is 9.73. The third-order valence-electron chi connectivity index (χ3n) is 5.14. The maximum absolute atomic E-state index is 13.0. The number of ether oxygens (including phenoxy) is 1. The van der Waals surface area contributed by atoms with Gasteiger partial charge in [0.05, 0.1) is 17.7 Å². The van der Waals surface area contributed by atoms with Crippen LogP contribution in [-0.4, -0.2) is 24.4 Å². The van der Waals surface area contributed by atoms with Crippen LogP contribution in [0.1, 0.15) is 46.1 Å². The first kappa shape index (κ1) is 19.9. The van der Waals surface area contributed by atoms with Crippen LogP contribution in [0.15, 0.2) is 29.8 Å². The number of anilines is 2. The Hall–Kier alpha value is -3.44. The van der Waals surface area contributed by atoms with Gasteiger partial charge in [0.15, 0.2) is 0 Å². The third kappa shape index (κ3) is 3.37. The van der Waals surface area contributed by atoms with Crippen molar-refractivity contribution in [1.29, 1.82) is 5.26 Å². The first-order chi connectivity index (χ1) is 14.5. The molecule has 0 bridgehead atoms. The summed E-state index contributed by atoms with van der Waals surface area (Å²) >= 11 is 1.34. The lowest BCUT2D eigenvalue weighted by atomic mass is 9.95. The van der Waals surface area contributed by atoms with Crippen molar-refractivity contribution in [2.75, 3.05) is 17.2 Å². The van der Waals surface area contributed by atoms with Gasteiger partial charge in [-0.25, -0.2) is 4.79 Å². The summed E-state index contributed by atoms with van der Waals surface area (Å²) in [7, 11) is 0. The molecule has 2 aromatic rings. The van der Waals surface area contributed by atoms with Crippen molar-refractivity contribution in [3.63, 3.8) is 0 Å². The highest BCUT2D eigenvalue weighted by Crippen LogP contribution is 2.39. The lowest BCUT2D eigenvalue weighted by molar-refractivity contribution is -0.113. The number of hydrogen-bond acceptors (Lipinski definition) is 6. The van der Waals surface area contributed by atoms with Gasteiger partial charge in [-0.3, -0.25) is 9.59 Å². The van der Waals surface area contributed by atoms with Gasteiger partial charge in [-0.1, -0.05) is 18.2 Å². The molecule has 2 amide bonds. The lowest BCUT2D eigenvalue weighted by Crippen LogP contribution is -2.19. The minimum Gasteiger partial charge on any atom is -0.462 e. The van der Waals surface area contributed by atoms with E-state index in [0.29, 0.717) is 21.8 Å². The Labute approximate surface area is 177 Å². The Balaban J connectivity index is 1.74. The average Bonchev–Trinajstić information content (AvgIpc) is 3.26. The third-order valence-corrected chi connectivity index (χ3v) is 6.35. The normalized spacial score (nSPS) is 16.1. The van der Waals surface area contributed by atoms with Gasteiger partial charge in [-0.15, -0.1) is 11.3 Å². The molecule has 0 unspecified atom stereocenters. The predicted molar refractivity (Wildman–Crippen MR) is 113 cm³/mol. The molecule has 0 saturated carbocycles. The molecule has 2 heterocycles. The molecule has 4 rings (SSSR count). The van der Waals surface area contributed by atoms with E-state index in [1.165, 1.54) is 11.3 Å². The van der Waals surface area contributed by atoms with Gasteiger partial charge < -0.3 is 15.4 Å². The zero-order chi connectivity index (χ0) is 21.3. The number of hydrogen-bond donors (Lipinski definition) is 2. The van der Waals surface area contributed by atoms with E-state index in [4.69, 9.17) is 4.74 Å². The second-order valence-corrected chi connectivity index (χ2v) is 8.06. The van der Waals surface area contributed by atoms with Crippen LogP contribution >= 0.6 is 11.3 Å². The van der Waals surface area contributed by atoms with E-state index in [0.717, 1.165) is 36.1 Å². The summed E-state index contributed by atoms with van der Waals surface area (Å²) in [6.07, 6.45) is 3.57. The predicted octanol–water partition coefficient (Wildman–Crippen LogP) is 3.67. The number of thiophene rings is 1. The number of benzene rings is 1. The molecular formula is C22H19N3O4S. The molecule has 0 radical (unpaired) electrons. The van der Waals surface area contributed by atoms with E-state index in [9.17, 15) is 19.6 Å². The fourth-order valence-electron chi connectivity index (χ4n) is 3.82. The molecule has 1 aliphatic carbocycles. The molecule has 30 heavy (non-hydrogen) atoms. The van der Waals surface area contributed by atoms with Crippen LogP contribution in [0.3, 0.4) is 0 Å². The average molecular weight is 421 g/mol. The topological polar surface area (TPSA) is 108 Å². The van der Waals surface area contributed by atoms with E-state index >= 15 is 0 Å². The number of nitrogens with one attached hydrogen (secondary N) is 2. The van der Waals surface area contributed by atoms with Crippen LogP contribution in [0.25, 0.3) is 5.57 Å². The van der Waals surface area contributed by atoms with E-state index < -0.39 is 17.8 Å². The molecule has 0 saturated heterocycles. The van der Waals surface area contributed by atoms with Gasteiger partial charge in [0, 0.05) is 16.1 Å². The molecule has 2 N–H and O–H groups in total. The van der Waals surface area contributed by atoms with Crippen LogP contribution < -0.4 is 10.6 Å². The van der Waals surface area contributed by atoms with Crippen molar-refractivity contribution in [1.82, 2.24) is 0 Å². The molecule has 0 spiro atoms. The number of nitriles is 1. The van der Waals surface area contributed by atoms with Crippen molar-refractivity contribution < 1.29 is 19.1 Å². The van der Waals surface area contributed by atoms with Gasteiger partial charge in [0.2, 0.25) is 0 Å². The van der Waals surface area contributed by atoms with Crippen molar-refractivity contribution in [2.45, 2.75) is 32.6 Å². The number of carbonyl (C=O) groups is 3. The Morgan fingerprint density at radius 2 is 2.03 bits per heavy atom. The largest absolute Gasteiger partial charge is 0.462 e. The Morgan fingerprint density at radius 3 is 2.80 bits per heavy atom. The van der Waals surface area contributed by atoms with E-state index in [-0.39, 0.29) is 17.8 Å². The van der Waals surface area contributed by atoms with Crippen molar-refractivity contribution in [2.24, 2.45) is 0 Å². The summed E-state index contributed by atoms with van der Waals surface area (Å²) in [6.45, 7) is 1.95. The van der Waals surface area contributed by atoms with Gasteiger partial charge >= 0.3 is 5.97 Å². The summed E-state index contributed by atoms with van der Waals surface area (Å²) in [5.41, 5.74) is 2.07. The molecule has 2 aliphatic rings. The maximum Gasteiger partial charge on any atom is 0.341 e. The molecule has 1 aliphatic heterocycles. The van der Waals surface area contributed by atoms with E-state index in [2.05, 4.69) is 10.6 Å². The number of aryl methyl sites for hydroxylation is 1. The minimum absolute atomic E-state index is 0.0320. The van der Waals surface area contributed by atoms with Crippen molar-refractivity contribution in [3.8, 4) is 6.07 Å². The zero-order valence-electron chi connectivity index (χ0n) is 16.3. The highest BCUT2D eigenvalue weighted by molar-refractivity contribution is 7.17. The van der Waals surface area contributed by atoms with Gasteiger partial charge in [0.25, 0.3) is 11.8 Å². The smallest absolute Gasteiger partial charge is 0.341 e. The monoisotopic (exact) mass is 421 g/mol. The second kappa shape index (κ2) is 8.13. The quantitative estimate of drug-likeness (QED) is 0.445. The number of nitrogens with zero attached hydrogens (tertiary/aromatic N) is 1. The molecule has 1 aromatic heterocycles. The lowest BCUT2D eigenvalue weighted by Gasteiger charge is -2.12. The molecule has 7 nitrogen and oxygen atoms in total. The van der Waals surface area contributed by atoms with Crippen LogP contribution in [0.2, 0.25) is 0 Å². The molecule has 0 fully saturated rings. The fourth-order valence-corrected chi connectivity index (χ4v) is 5.10. The highest BCUT2D eigenvalue weighted by Gasteiger charge is 2.32. The number of rotatable bonds is 4. The number of fused-ring (bicyclic) bond motifs is 2. The molecule has 1 aromatic carbocycles. The number of para-hydroxylation sites is 1. The molecule has 8 heteroatoms. The zero-order valence-corrected chi connectivity index (χ0v) is 17.1.